The van der Waals surface area contributed by atoms with Crippen molar-refractivity contribution in [3.63, 3.8) is 0 Å². The zero-order valence-corrected chi connectivity index (χ0v) is 16.0. The second-order valence-corrected chi connectivity index (χ2v) is 7.67. The summed E-state index contributed by atoms with van der Waals surface area (Å²) in [4.78, 5) is 21.5. The molecule has 2 aliphatic heterocycles. The van der Waals surface area contributed by atoms with Gasteiger partial charge in [-0.05, 0) is 18.2 Å². The first kappa shape index (κ1) is 17.0. The standard InChI is InChI=1S/C18H18Cl2N6O/c19-12-1-2-14-15(7-12)23-16(22-14)11-9-26(10-11)17-13(20)8-21-18(24-17)25-3-5-27-6-4-25/h1-2,7-8,11H,3-6,9-10H2,(H,22,23). The second-order valence-electron chi connectivity index (χ2n) is 6.83. The Labute approximate surface area is 166 Å². The molecular formula is C18H18Cl2N6O. The summed E-state index contributed by atoms with van der Waals surface area (Å²) >= 11 is 12.4. The van der Waals surface area contributed by atoms with Gasteiger partial charge in [0.15, 0.2) is 5.82 Å². The Balaban J connectivity index is 1.33. The number of rotatable bonds is 3. The maximum Gasteiger partial charge on any atom is 0.227 e. The number of aromatic amines is 1. The lowest BCUT2D eigenvalue weighted by molar-refractivity contribution is 0.122. The minimum absolute atomic E-state index is 0.314. The highest BCUT2D eigenvalue weighted by Crippen LogP contribution is 2.34. The quantitative estimate of drug-likeness (QED) is 0.722. The summed E-state index contributed by atoms with van der Waals surface area (Å²) < 4.78 is 5.40. The molecule has 2 fully saturated rings. The molecule has 27 heavy (non-hydrogen) atoms. The molecular weight excluding hydrogens is 387 g/mol. The molecule has 2 aliphatic rings. The van der Waals surface area contributed by atoms with Crippen molar-refractivity contribution >= 4 is 46.0 Å². The minimum atomic E-state index is 0.314. The van der Waals surface area contributed by atoms with Crippen molar-refractivity contribution in [2.24, 2.45) is 0 Å². The fraction of sp³-hybridized carbons (Fsp3) is 0.389. The maximum atomic E-state index is 6.37. The van der Waals surface area contributed by atoms with Crippen LogP contribution in [0.3, 0.4) is 0 Å². The van der Waals surface area contributed by atoms with Crippen molar-refractivity contribution in [1.29, 1.82) is 0 Å². The summed E-state index contributed by atoms with van der Waals surface area (Å²) in [6.45, 7) is 4.61. The Morgan fingerprint density at radius 1 is 1.07 bits per heavy atom. The predicted molar refractivity (Wildman–Crippen MR) is 106 cm³/mol. The molecule has 5 rings (SSSR count). The van der Waals surface area contributed by atoms with Gasteiger partial charge in [0.1, 0.15) is 10.8 Å². The van der Waals surface area contributed by atoms with E-state index in [1.807, 2.05) is 18.2 Å². The third-order valence-electron chi connectivity index (χ3n) is 5.04. The Kier molecular flexibility index (Phi) is 4.30. The van der Waals surface area contributed by atoms with Gasteiger partial charge in [-0.1, -0.05) is 23.2 Å². The average Bonchev–Trinajstić information content (AvgIpc) is 3.05. The fourth-order valence-electron chi connectivity index (χ4n) is 3.50. The van der Waals surface area contributed by atoms with Gasteiger partial charge in [0.25, 0.3) is 0 Å². The van der Waals surface area contributed by atoms with Crippen LogP contribution < -0.4 is 9.80 Å². The van der Waals surface area contributed by atoms with Crippen LogP contribution in [-0.2, 0) is 4.74 Å². The van der Waals surface area contributed by atoms with Gasteiger partial charge in [0, 0.05) is 31.2 Å². The van der Waals surface area contributed by atoms with Crippen molar-refractivity contribution in [2.75, 3.05) is 49.2 Å². The van der Waals surface area contributed by atoms with Gasteiger partial charge in [-0.3, -0.25) is 0 Å². The van der Waals surface area contributed by atoms with E-state index in [-0.39, 0.29) is 0 Å². The van der Waals surface area contributed by atoms with E-state index in [1.54, 1.807) is 6.20 Å². The number of benzene rings is 1. The van der Waals surface area contributed by atoms with Crippen LogP contribution in [0.5, 0.6) is 0 Å². The number of hydrogen-bond donors (Lipinski definition) is 1. The summed E-state index contributed by atoms with van der Waals surface area (Å²) in [6, 6.07) is 5.70. The lowest BCUT2D eigenvalue weighted by Crippen LogP contribution is -2.46. The number of aromatic nitrogens is 4. The number of nitrogens with zero attached hydrogens (tertiary/aromatic N) is 5. The van der Waals surface area contributed by atoms with Crippen LogP contribution >= 0.6 is 23.2 Å². The third-order valence-corrected chi connectivity index (χ3v) is 5.54. The summed E-state index contributed by atoms with van der Waals surface area (Å²) in [5, 5.41) is 1.26. The molecule has 1 N–H and O–H groups in total. The van der Waals surface area contributed by atoms with E-state index in [1.165, 1.54) is 0 Å². The Hall–Kier alpha value is -2.09. The Morgan fingerprint density at radius 2 is 1.89 bits per heavy atom. The number of imidazole rings is 1. The molecule has 0 bridgehead atoms. The number of nitrogens with one attached hydrogen (secondary N) is 1. The first-order valence-corrected chi connectivity index (χ1v) is 9.68. The molecule has 9 heteroatoms. The Bertz CT molecular complexity index is 981. The number of ether oxygens (including phenoxy) is 1. The van der Waals surface area contributed by atoms with Crippen LogP contribution in [0, 0.1) is 0 Å². The summed E-state index contributed by atoms with van der Waals surface area (Å²) in [5.74, 6) is 2.78. The molecule has 3 aromatic rings. The van der Waals surface area contributed by atoms with Crippen LogP contribution in [0.25, 0.3) is 11.0 Å². The smallest absolute Gasteiger partial charge is 0.227 e. The number of halogens is 2. The van der Waals surface area contributed by atoms with Crippen molar-refractivity contribution in [3.8, 4) is 0 Å². The SMILES string of the molecule is Clc1ccc2[nH]c(C3CN(c4nc(N5CCOCC5)ncc4Cl)C3)nc2c1. The van der Waals surface area contributed by atoms with Crippen LogP contribution in [0.4, 0.5) is 11.8 Å². The van der Waals surface area contributed by atoms with Crippen LogP contribution in [0.15, 0.2) is 24.4 Å². The van der Waals surface area contributed by atoms with E-state index in [2.05, 4.69) is 24.8 Å². The van der Waals surface area contributed by atoms with Crippen molar-refractivity contribution in [1.82, 2.24) is 19.9 Å². The largest absolute Gasteiger partial charge is 0.378 e. The van der Waals surface area contributed by atoms with E-state index in [0.717, 1.165) is 48.9 Å². The van der Waals surface area contributed by atoms with Crippen molar-refractivity contribution in [2.45, 2.75) is 5.92 Å². The summed E-state index contributed by atoms with van der Waals surface area (Å²) in [7, 11) is 0. The Morgan fingerprint density at radius 3 is 2.70 bits per heavy atom. The molecule has 0 amide bonds. The number of morpholine rings is 1. The number of fused-ring (bicyclic) bond motifs is 1. The molecule has 2 aromatic heterocycles. The maximum absolute atomic E-state index is 6.37. The van der Waals surface area contributed by atoms with Gasteiger partial charge in [0.05, 0.1) is 36.4 Å². The van der Waals surface area contributed by atoms with E-state index < -0.39 is 0 Å². The highest BCUT2D eigenvalue weighted by molar-refractivity contribution is 6.33. The van der Waals surface area contributed by atoms with Gasteiger partial charge in [-0.25, -0.2) is 9.97 Å². The second kappa shape index (κ2) is 6.82. The zero-order valence-electron chi connectivity index (χ0n) is 14.5. The highest BCUT2D eigenvalue weighted by Gasteiger charge is 2.33. The normalized spacial score (nSPS) is 18.1. The first-order valence-electron chi connectivity index (χ1n) is 8.93. The lowest BCUT2D eigenvalue weighted by atomic mass is 9.99. The molecule has 0 unspecified atom stereocenters. The molecule has 0 radical (unpaired) electrons. The van der Waals surface area contributed by atoms with Crippen LogP contribution in [-0.4, -0.2) is 59.3 Å². The van der Waals surface area contributed by atoms with E-state index in [9.17, 15) is 0 Å². The average molecular weight is 405 g/mol. The molecule has 0 spiro atoms. The van der Waals surface area contributed by atoms with Crippen LogP contribution in [0.2, 0.25) is 10.0 Å². The van der Waals surface area contributed by atoms with Gasteiger partial charge >= 0.3 is 0 Å². The van der Waals surface area contributed by atoms with Gasteiger partial charge in [0.2, 0.25) is 5.95 Å². The third kappa shape index (κ3) is 3.20. The number of H-pyrrole nitrogens is 1. The summed E-state index contributed by atoms with van der Waals surface area (Å²) in [6.07, 6.45) is 1.69. The molecule has 1 aromatic carbocycles. The molecule has 140 valence electrons. The molecule has 0 aliphatic carbocycles. The predicted octanol–water partition coefficient (Wildman–Crippen LogP) is 3.10. The molecule has 0 atom stereocenters. The summed E-state index contributed by atoms with van der Waals surface area (Å²) in [5.41, 5.74) is 1.90. The van der Waals surface area contributed by atoms with Crippen molar-refractivity contribution in [3.05, 3.63) is 40.3 Å². The monoisotopic (exact) mass is 404 g/mol. The lowest BCUT2D eigenvalue weighted by Gasteiger charge is -2.39. The molecule has 7 nitrogen and oxygen atoms in total. The first-order chi connectivity index (χ1) is 13.2. The van der Waals surface area contributed by atoms with Gasteiger partial charge in [-0.2, -0.15) is 4.98 Å². The van der Waals surface area contributed by atoms with E-state index in [4.69, 9.17) is 32.9 Å². The number of hydrogen-bond acceptors (Lipinski definition) is 6. The van der Waals surface area contributed by atoms with Crippen molar-refractivity contribution < 1.29 is 4.74 Å². The molecule has 0 saturated carbocycles. The fourth-order valence-corrected chi connectivity index (χ4v) is 3.88. The van der Waals surface area contributed by atoms with E-state index in [0.29, 0.717) is 35.1 Å². The number of anilines is 2. The minimum Gasteiger partial charge on any atom is -0.378 e. The van der Waals surface area contributed by atoms with Crippen LogP contribution in [0.1, 0.15) is 11.7 Å². The topological polar surface area (TPSA) is 70.2 Å². The van der Waals surface area contributed by atoms with Gasteiger partial charge in [-0.15, -0.1) is 0 Å². The van der Waals surface area contributed by atoms with E-state index >= 15 is 0 Å². The van der Waals surface area contributed by atoms with Gasteiger partial charge < -0.3 is 19.5 Å². The highest BCUT2D eigenvalue weighted by atomic mass is 35.5. The zero-order chi connectivity index (χ0) is 18.4. The molecule has 4 heterocycles. The molecule has 2 saturated heterocycles.